The Balaban J connectivity index is 1.88. The number of amides is 1. The van der Waals surface area contributed by atoms with Gasteiger partial charge in [-0.3, -0.25) is 4.79 Å². The lowest BCUT2D eigenvalue weighted by Gasteiger charge is -2.08. The molecule has 120 valence electrons. The van der Waals surface area contributed by atoms with Crippen LogP contribution in [0.5, 0.6) is 5.75 Å². The van der Waals surface area contributed by atoms with Gasteiger partial charge in [-0.05, 0) is 46.4 Å². The number of nitrogens with one attached hydrogen (secondary N) is 1. The Morgan fingerprint density at radius 1 is 1.00 bits per heavy atom. The zero-order valence-corrected chi connectivity index (χ0v) is 14.5. The number of fused-ring (bicyclic) bond motifs is 1. The monoisotopic (exact) mass is 382 g/mol. The van der Waals surface area contributed by atoms with Gasteiger partial charge in [0.15, 0.2) is 0 Å². The first-order chi connectivity index (χ1) is 11.6. The Kier molecular flexibility index (Phi) is 4.62. The van der Waals surface area contributed by atoms with Crippen molar-refractivity contribution in [1.82, 2.24) is 5.43 Å². The van der Waals surface area contributed by atoms with Gasteiger partial charge < -0.3 is 5.11 Å². The number of halogens is 1. The topological polar surface area (TPSA) is 61.7 Å². The number of carbonyl (C=O) groups excluding carboxylic acids is 1. The summed E-state index contributed by atoms with van der Waals surface area (Å²) in [5.74, 6) is -0.161. The van der Waals surface area contributed by atoms with Crippen molar-refractivity contribution in [3.8, 4) is 5.75 Å². The molecular weight excluding hydrogens is 368 g/mol. The average molecular weight is 383 g/mol. The quantitative estimate of drug-likeness (QED) is 0.518. The summed E-state index contributed by atoms with van der Waals surface area (Å²) >= 11 is 3.34. The molecule has 0 atom stereocenters. The molecule has 0 aliphatic carbocycles. The molecule has 0 aliphatic rings. The fourth-order valence-electron chi connectivity index (χ4n) is 2.45. The molecule has 5 heteroatoms. The van der Waals surface area contributed by atoms with E-state index in [0.717, 1.165) is 10.8 Å². The summed E-state index contributed by atoms with van der Waals surface area (Å²) in [6.07, 6.45) is 0. The third-order valence-corrected chi connectivity index (χ3v) is 4.43. The highest BCUT2D eigenvalue weighted by Crippen LogP contribution is 2.28. The van der Waals surface area contributed by atoms with Gasteiger partial charge in [0.2, 0.25) is 0 Å². The zero-order valence-electron chi connectivity index (χ0n) is 13.0. The van der Waals surface area contributed by atoms with Gasteiger partial charge in [0, 0.05) is 15.4 Å². The van der Waals surface area contributed by atoms with Gasteiger partial charge in [-0.2, -0.15) is 5.10 Å². The first-order valence-electron chi connectivity index (χ1n) is 7.38. The Labute approximate surface area is 148 Å². The molecule has 0 fully saturated rings. The van der Waals surface area contributed by atoms with Crippen molar-refractivity contribution in [2.45, 2.75) is 6.92 Å². The van der Waals surface area contributed by atoms with Gasteiger partial charge in [0.05, 0.1) is 11.3 Å². The molecule has 0 heterocycles. The highest BCUT2D eigenvalue weighted by atomic mass is 79.9. The predicted octanol–water partition coefficient (Wildman–Crippen LogP) is 4.46. The van der Waals surface area contributed by atoms with Crippen LogP contribution in [0.4, 0.5) is 0 Å². The number of phenolic OH excluding ortho intramolecular Hbond substituents is 1. The third-order valence-electron chi connectivity index (χ3n) is 3.73. The van der Waals surface area contributed by atoms with Crippen LogP contribution in [-0.2, 0) is 0 Å². The van der Waals surface area contributed by atoms with Crippen LogP contribution in [0.15, 0.2) is 70.2 Å². The molecule has 4 nitrogen and oxygen atoms in total. The number of benzene rings is 3. The first-order valence-corrected chi connectivity index (χ1v) is 8.17. The van der Waals surface area contributed by atoms with Crippen molar-refractivity contribution in [1.29, 1.82) is 0 Å². The van der Waals surface area contributed by atoms with Crippen LogP contribution in [0.25, 0.3) is 10.8 Å². The average Bonchev–Trinajstić information content (AvgIpc) is 2.60. The molecule has 0 radical (unpaired) electrons. The molecule has 0 aromatic heterocycles. The number of nitrogens with zero attached hydrogens (tertiary/aromatic N) is 1. The van der Waals surface area contributed by atoms with Crippen LogP contribution in [0.3, 0.4) is 0 Å². The van der Waals surface area contributed by atoms with Crippen molar-refractivity contribution in [3.05, 3.63) is 76.3 Å². The number of carbonyl (C=O) groups is 1. The zero-order chi connectivity index (χ0) is 17.1. The Morgan fingerprint density at radius 2 is 1.71 bits per heavy atom. The summed E-state index contributed by atoms with van der Waals surface area (Å²) < 4.78 is 0.698. The molecule has 0 spiro atoms. The maximum Gasteiger partial charge on any atom is 0.272 e. The molecule has 3 aromatic carbocycles. The van der Waals surface area contributed by atoms with E-state index in [4.69, 9.17) is 0 Å². The summed E-state index contributed by atoms with van der Waals surface area (Å²) in [5, 5.41) is 16.3. The normalized spacial score (nSPS) is 11.5. The van der Waals surface area contributed by atoms with E-state index in [0.29, 0.717) is 21.3 Å². The lowest BCUT2D eigenvalue weighted by atomic mass is 10.0. The maximum absolute atomic E-state index is 12.2. The summed E-state index contributed by atoms with van der Waals surface area (Å²) in [6.45, 7) is 1.74. The van der Waals surface area contributed by atoms with Crippen molar-refractivity contribution in [2.24, 2.45) is 5.10 Å². The van der Waals surface area contributed by atoms with Gasteiger partial charge in [0.1, 0.15) is 5.75 Å². The van der Waals surface area contributed by atoms with E-state index in [9.17, 15) is 9.90 Å². The maximum atomic E-state index is 12.2. The Hall–Kier alpha value is -2.66. The highest BCUT2D eigenvalue weighted by molar-refractivity contribution is 9.10. The molecule has 0 bridgehead atoms. The number of rotatable bonds is 3. The van der Waals surface area contributed by atoms with Gasteiger partial charge >= 0.3 is 0 Å². The Morgan fingerprint density at radius 3 is 2.50 bits per heavy atom. The molecule has 0 unspecified atom stereocenters. The minimum atomic E-state index is -0.317. The van der Waals surface area contributed by atoms with Crippen LogP contribution < -0.4 is 5.43 Å². The SMILES string of the molecule is C/C(=N\NC(=O)c1ccccc1Br)c1ccc2ccccc2c1O. The fourth-order valence-corrected chi connectivity index (χ4v) is 2.91. The summed E-state index contributed by atoms with van der Waals surface area (Å²) in [4.78, 5) is 12.2. The number of hydrazone groups is 1. The number of phenols is 1. The van der Waals surface area contributed by atoms with Crippen molar-refractivity contribution in [2.75, 3.05) is 0 Å². The van der Waals surface area contributed by atoms with Gasteiger partial charge in [-0.25, -0.2) is 5.43 Å². The van der Waals surface area contributed by atoms with E-state index in [2.05, 4.69) is 26.5 Å². The van der Waals surface area contributed by atoms with Crippen LogP contribution in [0.2, 0.25) is 0 Å². The number of aromatic hydroxyl groups is 1. The minimum Gasteiger partial charge on any atom is -0.507 e. The summed E-state index contributed by atoms with van der Waals surface area (Å²) in [7, 11) is 0. The molecule has 3 aromatic rings. The molecule has 1 amide bonds. The molecule has 24 heavy (non-hydrogen) atoms. The fraction of sp³-hybridized carbons (Fsp3) is 0.0526. The standard InChI is InChI=1S/C19H15BrN2O2/c1-12(21-22-19(24)16-8-4-5-9-17(16)20)14-11-10-13-6-2-3-7-15(13)18(14)23/h2-11,23H,1H3,(H,22,24)/b21-12+. The molecule has 3 rings (SSSR count). The van der Waals surface area contributed by atoms with E-state index in [1.165, 1.54) is 0 Å². The van der Waals surface area contributed by atoms with Gasteiger partial charge in [0.25, 0.3) is 5.91 Å². The second-order valence-electron chi connectivity index (χ2n) is 5.30. The molecule has 2 N–H and O–H groups in total. The second kappa shape index (κ2) is 6.84. The van der Waals surface area contributed by atoms with E-state index in [-0.39, 0.29) is 11.7 Å². The van der Waals surface area contributed by atoms with Crippen molar-refractivity contribution >= 4 is 38.3 Å². The summed E-state index contributed by atoms with van der Waals surface area (Å²) in [6, 6.07) is 18.4. The van der Waals surface area contributed by atoms with Gasteiger partial charge in [-0.1, -0.05) is 42.5 Å². The van der Waals surface area contributed by atoms with Crippen LogP contribution in [0, 0.1) is 0 Å². The first kappa shape index (κ1) is 16.2. The smallest absolute Gasteiger partial charge is 0.272 e. The Bertz CT molecular complexity index is 951. The van der Waals surface area contributed by atoms with Crippen molar-refractivity contribution < 1.29 is 9.90 Å². The van der Waals surface area contributed by atoms with Gasteiger partial charge in [-0.15, -0.1) is 0 Å². The van der Waals surface area contributed by atoms with Crippen LogP contribution >= 0.6 is 15.9 Å². The number of hydrogen-bond acceptors (Lipinski definition) is 3. The van der Waals surface area contributed by atoms with Crippen LogP contribution in [-0.4, -0.2) is 16.7 Å². The highest BCUT2D eigenvalue weighted by Gasteiger charge is 2.11. The largest absolute Gasteiger partial charge is 0.507 e. The van der Waals surface area contributed by atoms with Crippen LogP contribution in [0.1, 0.15) is 22.8 Å². The summed E-state index contributed by atoms with van der Waals surface area (Å²) in [5.41, 5.74) is 4.13. The van der Waals surface area contributed by atoms with E-state index in [1.807, 2.05) is 36.4 Å². The van der Waals surface area contributed by atoms with E-state index in [1.54, 1.807) is 31.2 Å². The minimum absolute atomic E-state index is 0.157. The lowest BCUT2D eigenvalue weighted by Crippen LogP contribution is -2.19. The van der Waals surface area contributed by atoms with E-state index < -0.39 is 0 Å². The lowest BCUT2D eigenvalue weighted by molar-refractivity contribution is 0.0954. The molecular formula is C19H15BrN2O2. The number of hydrogen-bond donors (Lipinski definition) is 2. The molecule has 0 aliphatic heterocycles. The molecule has 0 saturated carbocycles. The third kappa shape index (κ3) is 3.16. The molecule has 0 saturated heterocycles. The second-order valence-corrected chi connectivity index (χ2v) is 6.16. The van der Waals surface area contributed by atoms with E-state index >= 15 is 0 Å². The van der Waals surface area contributed by atoms with Crippen molar-refractivity contribution in [3.63, 3.8) is 0 Å². The predicted molar refractivity (Wildman–Crippen MR) is 99.4 cm³/mol.